The van der Waals surface area contributed by atoms with Crippen LogP contribution in [0.3, 0.4) is 0 Å². The first kappa shape index (κ1) is 9.53. The van der Waals surface area contributed by atoms with Gasteiger partial charge < -0.3 is 4.74 Å². The maximum atomic E-state index is 8.67. The minimum absolute atomic E-state index is 0.235. The summed E-state index contributed by atoms with van der Waals surface area (Å²) in [6.45, 7) is 0. The van der Waals surface area contributed by atoms with Crippen LogP contribution in [-0.4, -0.2) is 18.4 Å². The van der Waals surface area contributed by atoms with Gasteiger partial charge in [0.15, 0.2) is 5.06 Å². The Balaban J connectivity index is 2.98. The molecular formula is C7H6Cl2N2O. The molecule has 12 heavy (non-hydrogen) atoms. The molecule has 1 aliphatic heterocycles. The smallest absolute Gasteiger partial charge is 0.184 e. The standard InChI is InChI=1S/C7H6Cl2N2O/c1-12-7(9)2-6(8)11-4-5(7)3-10/h2,4-5H,1H3. The van der Waals surface area contributed by atoms with Crippen molar-refractivity contribution in [3.63, 3.8) is 0 Å². The number of hydrogen-bond donors (Lipinski definition) is 0. The molecule has 5 heteroatoms. The van der Waals surface area contributed by atoms with E-state index < -0.39 is 11.0 Å². The third-order valence-electron chi connectivity index (χ3n) is 1.54. The molecule has 0 aromatic rings. The highest BCUT2D eigenvalue weighted by molar-refractivity contribution is 6.32. The summed E-state index contributed by atoms with van der Waals surface area (Å²) >= 11 is 11.5. The van der Waals surface area contributed by atoms with Crippen LogP contribution in [0.1, 0.15) is 0 Å². The third-order valence-corrected chi connectivity index (χ3v) is 2.24. The van der Waals surface area contributed by atoms with Gasteiger partial charge >= 0.3 is 0 Å². The number of ether oxygens (including phenoxy) is 1. The van der Waals surface area contributed by atoms with Crippen LogP contribution < -0.4 is 0 Å². The highest BCUT2D eigenvalue weighted by atomic mass is 35.5. The van der Waals surface area contributed by atoms with Gasteiger partial charge in [-0.15, -0.1) is 0 Å². The number of halogens is 2. The van der Waals surface area contributed by atoms with E-state index in [1.54, 1.807) is 0 Å². The van der Waals surface area contributed by atoms with Crippen molar-refractivity contribution in [1.82, 2.24) is 0 Å². The summed E-state index contributed by atoms with van der Waals surface area (Å²) in [6.07, 6.45) is 2.78. The van der Waals surface area contributed by atoms with Crippen LogP contribution in [0, 0.1) is 17.2 Å². The lowest BCUT2D eigenvalue weighted by Crippen LogP contribution is -2.34. The minimum atomic E-state index is -1.17. The Morgan fingerprint density at radius 2 is 2.50 bits per heavy atom. The maximum absolute atomic E-state index is 8.67. The molecular weight excluding hydrogens is 199 g/mol. The average Bonchev–Trinajstić information content (AvgIpc) is 2.05. The molecule has 2 unspecified atom stereocenters. The van der Waals surface area contributed by atoms with E-state index in [9.17, 15) is 0 Å². The van der Waals surface area contributed by atoms with Crippen molar-refractivity contribution < 1.29 is 4.74 Å². The highest BCUT2D eigenvalue weighted by Gasteiger charge is 2.36. The fourth-order valence-corrected chi connectivity index (χ4v) is 1.33. The Bertz CT molecular complexity index is 282. The lowest BCUT2D eigenvalue weighted by molar-refractivity contribution is 0.0907. The predicted molar refractivity (Wildman–Crippen MR) is 47.1 cm³/mol. The second kappa shape index (κ2) is 3.44. The summed E-state index contributed by atoms with van der Waals surface area (Å²) in [5.74, 6) is -0.605. The second-order valence-corrected chi connectivity index (χ2v) is 3.23. The van der Waals surface area contributed by atoms with Gasteiger partial charge in [-0.2, -0.15) is 5.26 Å². The molecule has 0 fully saturated rings. The zero-order valence-electron chi connectivity index (χ0n) is 6.29. The van der Waals surface area contributed by atoms with Gasteiger partial charge in [0.25, 0.3) is 0 Å². The number of nitrogens with zero attached hydrogens (tertiary/aromatic N) is 2. The molecule has 1 rings (SSSR count). The monoisotopic (exact) mass is 204 g/mol. The van der Waals surface area contributed by atoms with Crippen LogP contribution in [0.2, 0.25) is 0 Å². The van der Waals surface area contributed by atoms with Crippen LogP contribution in [0.5, 0.6) is 0 Å². The normalized spacial score (nSPS) is 34.2. The van der Waals surface area contributed by atoms with E-state index in [0.717, 1.165) is 0 Å². The molecule has 64 valence electrons. The lowest BCUT2D eigenvalue weighted by atomic mass is 10.0. The molecule has 0 spiro atoms. The van der Waals surface area contributed by atoms with Gasteiger partial charge in [-0.3, -0.25) is 0 Å². The largest absolute Gasteiger partial charge is 0.357 e. The van der Waals surface area contributed by atoms with Crippen LogP contribution in [-0.2, 0) is 4.74 Å². The molecule has 0 N–H and O–H groups in total. The molecule has 3 nitrogen and oxygen atoms in total. The number of alkyl halides is 1. The van der Waals surface area contributed by atoms with Crippen LogP contribution >= 0.6 is 23.2 Å². The van der Waals surface area contributed by atoms with Crippen LogP contribution in [0.15, 0.2) is 16.2 Å². The summed E-state index contributed by atoms with van der Waals surface area (Å²) in [7, 11) is 1.41. The summed E-state index contributed by atoms with van der Waals surface area (Å²) in [5.41, 5.74) is 0. The maximum Gasteiger partial charge on any atom is 0.184 e. The molecule has 0 radical (unpaired) electrons. The van der Waals surface area contributed by atoms with E-state index in [1.807, 2.05) is 6.07 Å². The Morgan fingerprint density at radius 3 is 3.00 bits per heavy atom. The Kier molecular flexibility index (Phi) is 2.73. The van der Waals surface area contributed by atoms with Crippen LogP contribution in [0.25, 0.3) is 0 Å². The number of rotatable bonds is 1. The summed E-state index contributed by atoms with van der Waals surface area (Å²) in [4.78, 5) is 3.74. The third kappa shape index (κ3) is 1.61. The second-order valence-electron chi connectivity index (χ2n) is 2.25. The first-order valence-electron chi connectivity index (χ1n) is 3.18. The first-order chi connectivity index (χ1) is 5.62. The summed E-state index contributed by atoms with van der Waals surface area (Å²) in [6, 6.07) is 1.96. The fraction of sp³-hybridized carbons (Fsp3) is 0.429. The Labute approximate surface area is 80.2 Å². The predicted octanol–water partition coefficient (Wildman–Crippen LogP) is 1.87. The molecule has 1 aliphatic rings. The number of hydrogen-bond acceptors (Lipinski definition) is 3. The number of nitriles is 1. The topological polar surface area (TPSA) is 45.4 Å². The van der Waals surface area contributed by atoms with Crippen molar-refractivity contribution in [1.29, 1.82) is 5.26 Å². The average molecular weight is 205 g/mol. The zero-order valence-corrected chi connectivity index (χ0v) is 7.80. The van der Waals surface area contributed by atoms with Gasteiger partial charge in [0.2, 0.25) is 0 Å². The van der Waals surface area contributed by atoms with Gasteiger partial charge in [0.1, 0.15) is 11.1 Å². The van der Waals surface area contributed by atoms with E-state index in [1.165, 1.54) is 19.4 Å². The van der Waals surface area contributed by atoms with Crippen LogP contribution in [0.4, 0.5) is 0 Å². The van der Waals surface area contributed by atoms with Crippen molar-refractivity contribution in [2.24, 2.45) is 10.9 Å². The molecule has 0 amide bonds. The van der Waals surface area contributed by atoms with E-state index >= 15 is 0 Å². The van der Waals surface area contributed by atoms with Gasteiger partial charge in [0, 0.05) is 19.4 Å². The molecule has 0 aromatic heterocycles. The zero-order chi connectivity index (χ0) is 9.19. The van der Waals surface area contributed by atoms with E-state index in [-0.39, 0.29) is 5.16 Å². The number of methoxy groups -OCH3 is 1. The van der Waals surface area contributed by atoms with Crippen molar-refractivity contribution in [3.05, 3.63) is 11.2 Å². The molecule has 0 saturated carbocycles. The van der Waals surface area contributed by atoms with Crippen molar-refractivity contribution in [3.8, 4) is 6.07 Å². The fourth-order valence-electron chi connectivity index (χ4n) is 0.844. The quantitative estimate of drug-likeness (QED) is 0.484. The molecule has 0 aromatic carbocycles. The van der Waals surface area contributed by atoms with E-state index in [4.69, 9.17) is 33.2 Å². The van der Waals surface area contributed by atoms with Gasteiger partial charge in [-0.05, 0) is 0 Å². The molecule has 0 aliphatic carbocycles. The minimum Gasteiger partial charge on any atom is -0.357 e. The molecule has 2 atom stereocenters. The van der Waals surface area contributed by atoms with Crippen molar-refractivity contribution >= 4 is 29.4 Å². The first-order valence-corrected chi connectivity index (χ1v) is 3.94. The van der Waals surface area contributed by atoms with Gasteiger partial charge in [0.05, 0.1) is 6.07 Å². The highest BCUT2D eigenvalue weighted by Crippen LogP contribution is 2.32. The van der Waals surface area contributed by atoms with Crippen molar-refractivity contribution in [2.45, 2.75) is 5.06 Å². The summed E-state index contributed by atoms with van der Waals surface area (Å²) in [5, 5.41) is 7.73. The Morgan fingerprint density at radius 1 is 1.83 bits per heavy atom. The SMILES string of the molecule is COC1(Cl)C=C(Cl)N=CC1C#N. The van der Waals surface area contributed by atoms with E-state index in [0.29, 0.717) is 0 Å². The van der Waals surface area contributed by atoms with Gasteiger partial charge in [-0.25, -0.2) is 4.99 Å². The molecule has 1 heterocycles. The van der Waals surface area contributed by atoms with Gasteiger partial charge in [-0.1, -0.05) is 23.2 Å². The van der Waals surface area contributed by atoms with Crippen molar-refractivity contribution in [2.75, 3.05) is 7.11 Å². The molecule has 0 saturated heterocycles. The lowest BCUT2D eigenvalue weighted by Gasteiger charge is -2.26. The summed E-state index contributed by atoms with van der Waals surface area (Å²) < 4.78 is 4.94. The number of aliphatic imine (C=N–C) groups is 1. The Hall–Kier alpha value is -0.560. The molecule has 0 bridgehead atoms. The van der Waals surface area contributed by atoms with E-state index in [2.05, 4.69) is 4.99 Å².